The number of nitrogens with two attached hydrogens (primary N) is 1. The van der Waals surface area contributed by atoms with Crippen molar-refractivity contribution in [1.82, 2.24) is 25.4 Å². The van der Waals surface area contributed by atoms with E-state index in [9.17, 15) is 19.2 Å². The number of imide groups is 1. The van der Waals surface area contributed by atoms with Gasteiger partial charge in [0.2, 0.25) is 23.6 Å². The third-order valence-corrected chi connectivity index (χ3v) is 12.0. The Morgan fingerprint density at radius 1 is 1.08 bits per heavy atom. The number of rotatable bonds is 19. The molecule has 4 amide bonds. The standard InChI is InChI=1S/C39H60N6O6S/c1-9-25(4)33(44(6)32(24(2)3)36(48)43-38(49)39(40)17-18-39)30(50-7)23-31(46)45-20-13-16-29(45)34(51-8)26(5)35(47)42-28(37-41-19-21-52-37)22-27-14-11-10-12-15-27/h10-12,14-15,19,21,24-26,28-30,32-34H,9,13,16-18,20,22-23,40H2,1-8H3,(H,42,47)(H,43,48,49)/t25-,26+,28-,29-,30+,32-,33-,34+/m0/s1. The van der Waals surface area contributed by atoms with Gasteiger partial charge in [-0.1, -0.05) is 71.4 Å². The molecule has 1 aromatic carbocycles. The molecule has 4 rings (SSSR count). The molecule has 52 heavy (non-hydrogen) atoms. The summed E-state index contributed by atoms with van der Waals surface area (Å²) in [5.74, 6) is -1.71. The second-order valence-corrected chi connectivity index (χ2v) is 16.0. The fourth-order valence-electron chi connectivity index (χ4n) is 7.77. The van der Waals surface area contributed by atoms with Crippen LogP contribution in [-0.4, -0.2) is 102 Å². The number of ether oxygens (including phenoxy) is 2. The first kappa shape index (κ1) is 41.5. The van der Waals surface area contributed by atoms with Crippen molar-refractivity contribution >= 4 is 35.0 Å². The van der Waals surface area contributed by atoms with Crippen LogP contribution in [0.4, 0.5) is 0 Å². The molecule has 4 N–H and O–H groups in total. The van der Waals surface area contributed by atoms with E-state index < -0.39 is 41.5 Å². The molecule has 2 aromatic rings. The van der Waals surface area contributed by atoms with Crippen LogP contribution in [0.5, 0.6) is 0 Å². The monoisotopic (exact) mass is 740 g/mol. The molecule has 0 bridgehead atoms. The van der Waals surface area contributed by atoms with Crippen molar-refractivity contribution in [2.75, 3.05) is 27.8 Å². The van der Waals surface area contributed by atoms with Gasteiger partial charge in [-0.2, -0.15) is 0 Å². The van der Waals surface area contributed by atoms with E-state index in [1.54, 1.807) is 20.4 Å². The van der Waals surface area contributed by atoms with Crippen molar-refractivity contribution < 1.29 is 28.7 Å². The van der Waals surface area contributed by atoms with E-state index >= 15 is 0 Å². The highest BCUT2D eigenvalue weighted by Gasteiger charge is 2.48. The van der Waals surface area contributed by atoms with Gasteiger partial charge in [-0.05, 0) is 56.6 Å². The Balaban J connectivity index is 1.48. The first-order chi connectivity index (χ1) is 24.8. The average molecular weight is 741 g/mol. The maximum absolute atomic E-state index is 14.2. The summed E-state index contributed by atoms with van der Waals surface area (Å²) < 4.78 is 12.1. The fraction of sp³-hybridized carbons (Fsp3) is 0.667. The number of likely N-dealkylation sites (tertiary alicyclic amines) is 1. The molecule has 8 atom stereocenters. The predicted molar refractivity (Wildman–Crippen MR) is 202 cm³/mol. The quantitative estimate of drug-likeness (QED) is 0.193. The van der Waals surface area contributed by atoms with Gasteiger partial charge in [0, 0.05) is 38.4 Å². The maximum Gasteiger partial charge on any atom is 0.246 e. The summed E-state index contributed by atoms with van der Waals surface area (Å²) in [6.45, 7) is 10.5. The number of hydrogen-bond acceptors (Lipinski definition) is 10. The molecule has 0 radical (unpaired) electrons. The minimum Gasteiger partial charge on any atom is -0.379 e. The van der Waals surface area contributed by atoms with Crippen molar-refractivity contribution in [2.24, 2.45) is 23.5 Å². The van der Waals surface area contributed by atoms with Crippen LogP contribution in [0.3, 0.4) is 0 Å². The number of carbonyl (C=O) groups is 4. The van der Waals surface area contributed by atoms with Gasteiger partial charge in [-0.25, -0.2) is 4.98 Å². The first-order valence-corrected chi connectivity index (χ1v) is 19.6. The van der Waals surface area contributed by atoms with Crippen molar-refractivity contribution in [2.45, 2.75) is 121 Å². The lowest BCUT2D eigenvalue weighted by molar-refractivity contribution is -0.144. The molecule has 2 aliphatic rings. The summed E-state index contributed by atoms with van der Waals surface area (Å²) in [5.41, 5.74) is 6.20. The van der Waals surface area contributed by atoms with E-state index in [-0.39, 0.29) is 48.2 Å². The van der Waals surface area contributed by atoms with E-state index in [1.807, 2.05) is 73.3 Å². The van der Waals surface area contributed by atoms with Crippen molar-refractivity contribution in [1.29, 1.82) is 0 Å². The Bertz CT molecular complexity index is 1470. The molecular weight excluding hydrogens is 681 g/mol. The van der Waals surface area contributed by atoms with Gasteiger partial charge >= 0.3 is 0 Å². The zero-order valence-corrected chi connectivity index (χ0v) is 33.0. The minimum atomic E-state index is -0.969. The molecular formula is C39H60N6O6S. The summed E-state index contributed by atoms with van der Waals surface area (Å²) in [6, 6.07) is 8.46. The van der Waals surface area contributed by atoms with E-state index in [1.165, 1.54) is 11.3 Å². The number of methoxy groups -OCH3 is 2. The molecule has 13 heteroatoms. The summed E-state index contributed by atoms with van der Waals surface area (Å²) >= 11 is 1.51. The number of aromatic nitrogens is 1. The highest BCUT2D eigenvalue weighted by Crippen LogP contribution is 2.33. The summed E-state index contributed by atoms with van der Waals surface area (Å²) in [5, 5.41) is 8.53. The van der Waals surface area contributed by atoms with Gasteiger partial charge in [0.25, 0.3) is 0 Å². The SMILES string of the molecule is CC[C@H](C)[C@@H]([C@@H](CC(=O)N1CCC[C@H]1[C@H](OC)[C@@H](C)C(=O)N[C@@H](Cc1ccccc1)c1nccs1)OC)N(C)[C@H](C(=O)NC(=O)C1(N)CC1)C(C)C. The van der Waals surface area contributed by atoms with Crippen LogP contribution in [0.25, 0.3) is 0 Å². The third kappa shape index (κ3) is 10.0. The number of carbonyl (C=O) groups excluding carboxylic acids is 4. The number of amides is 4. The number of nitrogens with one attached hydrogen (secondary N) is 2. The Morgan fingerprint density at radius 3 is 2.33 bits per heavy atom. The summed E-state index contributed by atoms with van der Waals surface area (Å²) in [6.07, 6.45) is 4.77. The van der Waals surface area contributed by atoms with Crippen LogP contribution in [0.2, 0.25) is 0 Å². The van der Waals surface area contributed by atoms with E-state index in [0.29, 0.717) is 32.2 Å². The molecule has 0 spiro atoms. The number of thiazole rings is 1. The number of likely N-dealkylation sites (N-methyl/N-ethyl adjacent to an activating group) is 1. The van der Waals surface area contributed by atoms with Gasteiger partial charge in [0.05, 0.1) is 48.2 Å². The molecule has 1 aliphatic carbocycles. The largest absolute Gasteiger partial charge is 0.379 e. The maximum atomic E-state index is 14.2. The van der Waals surface area contributed by atoms with Crippen LogP contribution in [0, 0.1) is 17.8 Å². The zero-order valence-electron chi connectivity index (χ0n) is 32.2. The van der Waals surface area contributed by atoms with E-state index in [2.05, 4.69) is 29.5 Å². The van der Waals surface area contributed by atoms with E-state index in [0.717, 1.165) is 23.4 Å². The number of nitrogens with zero attached hydrogens (tertiary/aromatic N) is 3. The molecule has 12 nitrogen and oxygen atoms in total. The molecule has 1 saturated heterocycles. The lowest BCUT2D eigenvalue weighted by atomic mass is 9.88. The molecule has 0 unspecified atom stereocenters. The molecule has 1 saturated carbocycles. The molecule has 2 heterocycles. The lowest BCUT2D eigenvalue weighted by Gasteiger charge is -2.43. The number of hydrogen-bond donors (Lipinski definition) is 3. The fourth-order valence-corrected chi connectivity index (χ4v) is 8.46. The van der Waals surface area contributed by atoms with Crippen LogP contribution >= 0.6 is 11.3 Å². The van der Waals surface area contributed by atoms with Gasteiger partial charge in [-0.3, -0.25) is 29.4 Å². The van der Waals surface area contributed by atoms with Crippen molar-refractivity contribution in [3.05, 3.63) is 52.5 Å². The van der Waals surface area contributed by atoms with Gasteiger partial charge in [0.1, 0.15) is 5.01 Å². The average Bonchev–Trinajstić information content (AvgIpc) is 3.46. The Hall–Kier alpha value is -3.23. The van der Waals surface area contributed by atoms with Gasteiger partial charge < -0.3 is 25.4 Å². The normalized spacial score (nSPS) is 20.8. The highest BCUT2D eigenvalue weighted by molar-refractivity contribution is 7.09. The zero-order chi connectivity index (χ0) is 38.2. The van der Waals surface area contributed by atoms with Crippen LogP contribution < -0.4 is 16.4 Å². The summed E-state index contributed by atoms with van der Waals surface area (Å²) in [4.78, 5) is 62.7. The Kier molecular flexibility index (Phi) is 14.9. The number of benzene rings is 1. The van der Waals surface area contributed by atoms with Gasteiger partial charge in [0.15, 0.2) is 0 Å². The molecule has 1 aliphatic heterocycles. The van der Waals surface area contributed by atoms with Crippen molar-refractivity contribution in [3.8, 4) is 0 Å². The van der Waals surface area contributed by atoms with Crippen LogP contribution in [0.1, 0.15) is 89.8 Å². The van der Waals surface area contributed by atoms with Crippen LogP contribution in [-0.2, 0) is 35.1 Å². The minimum absolute atomic E-state index is 0.0586. The van der Waals surface area contributed by atoms with Crippen LogP contribution in [0.15, 0.2) is 41.9 Å². The Labute approximate surface area is 313 Å². The van der Waals surface area contributed by atoms with Crippen molar-refractivity contribution in [3.63, 3.8) is 0 Å². The molecule has 2 fully saturated rings. The third-order valence-electron chi connectivity index (χ3n) is 11.1. The smallest absolute Gasteiger partial charge is 0.246 e. The highest BCUT2D eigenvalue weighted by atomic mass is 32.1. The second-order valence-electron chi connectivity index (χ2n) is 15.1. The first-order valence-electron chi connectivity index (χ1n) is 18.7. The molecule has 1 aromatic heterocycles. The van der Waals surface area contributed by atoms with E-state index in [4.69, 9.17) is 15.2 Å². The summed E-state index contributed by atoms with van der Waals surface area (Å²) in [7, 11) is 5.07. The Morgan fingerprint density at radius 2 is 1.77 bits per heavy atom. The van der Waals surface area contributed by atoms with Gasteiger partial charge in [-0.15, -0.1) is 11.3 Å². The second kappa shape index (κ2) is 18.7. The molecule has 288 valence electrons. The lowest BCUT2D eigenvalue weighted by Crippen LogP contribution is -2.60. The topological polar surface area (TPSA) is 156 Å². The predicted octanol–water partition coefficient (Wildman–Crippen LogP) is 4.10.